The third kappa shape index (κ3) is 5.46. The molecule has 0 unspecified atom stereocenters. The summed E-state index contributed by atoms with van der Waals surface area (Å²) in [5.41, 5.74) is 1.18. The van der Waals surface area contributed by atoms with Gasteiger partial charge in [-0.1, -0.05) is 31.1 Å². The Balaban J connectivity index is 1.80. The van der Waals surface area contributed by atoms with Crippen LogP contribution in [0.3, 0.4) is 0 Å². The maximum absolute atomic E-state index is 13.8. The Kier molecular flexibility index (Phi) is 7.27. The smallest absolute Gasteiger partial charge is 0.340 e. The van der Waals surface area contributed by atoms with E-state index in [0.717, 1.165) is 0 Å². The molecule has 174 valence electrons. The average Bonchev–Trinajstić information content (AvgIpc) is 3.27. The molecule has 33 heavy (non-hydrogen) atoms. The number of nitrogens with one attached hydrogen (secondary N) is 1. The number of carbonyl (C=O) groups is 2. The van der Waals surface area contributed by atoms with E-state index in [1.54, 1.807) is 32.9 Å². The molecule has 0 saturated carbocycles. The molecule has 0 fully saturated rings. The van der Waals surface area contributed by atoms with Crippen LogP contribution in [0.15, 0.2) is 34.9 Å². The number of amides is 1. The second-order valence-electron chi connectivity index (χ2n) is 7.45. The van der Waals surface area contributed by atoms with Gasteiger partial charge >= 0.3 is 5.97 Å². The zero-order valence-electron chi connectivity index (χ0n) is 18.9. The molecule has 0 spiro atoms. The van der Waals surface area contributed by atoms with Gasteiger partial charge in [0.1, 0.15) is 5.82 Å². The van der Waals surface area contributed by atoms with E-state index in [1.165, 1.54) is 32.4 Å². The van der Waals surface area contributed by atoms with Crippen LogP contribution in [0, 0.1) is 18.7 Å². The minimum atomic E-state index is -0.754. The second-order valence-corrected chi connectivity index (χ2v) is 7.45. The van der Waals surface area contributed by atoms with Crippen LogP contribution in [-0.2, 0) is 16.1 Å². The summed E-state index contributed by atoms with van der Waals surface area (Å²) in [6.07, 6.45) is 0. The Morgan fingerprint density at radius 1 is 1.12 bits per heavy atom. The van der Waals surface area contributed by atoms with E-state index in [1.807, 2.05) is 0 Å². The number of methoxy groups -OCH3 is 2. The van der Waals surface area contributed by atoms with Crippen molar-refractivity contribution < 1.29 is 32.7 Å². The largest absolute Gasteiger partial charge is 0.493 e. The van der Waals surface area contributed by atoms with Crippen LogP contribution in [0.5, 0.6) is 11.5 Å². The molecule has 1 aromatic heterocycles. The van der Waals surface area contributed by atoms with Crippen LogP contribution in [0.4, 0.5) is 10.1 Å². The zero-order valence-corrected chi connectivity index (χ0v) is 18.9. The minimum absolute atomic E-state index is 0.0209. The first-order valence-electron chi connectivity index (χ1n) is 10.1. The highest BCUT2D eigenvalue weighted by molar-refractivity contribution is 6.02. The number of aryl methyl sites for hydroxylation is 1. The first kappa shape index (κ1) is 23.7. The first-order chi connectivity index (χ1) is 15.7. The van der Waals surface area contributed by atoms with E-state index < -0.39 is 11.8 Å². The van der Waals surface area contributed by atoms with Crippen molar-refractivity contribution >= 4 is 17.6 Å². The first-order valence-corrected chi connectivity index (χ1v) is 10.1. The van der Waals surface area contributed by atoms with Gasteiger partial charge < -0.3 is 24.1 Å². The van der Waals surface area contributed by atoms with Crippen LogP contribution in [0.1, 0.15) is 35.7 Å². The van der Waals surface area contributed by atoms with Crippen LogP contribution in [0.2, 0.25) is 0 Å². The van der Waals surface area contributed by atoms with Gasteiger partial charge in [0.05, 0.1) is 25.5 Å². The van der Waals surface area contributed by atoms with Gasteiger partial charge in [0, 0.05) is 23.6 Å². The van der Waals surface area contributed by atoms with Crippen molar-refractivity contribution in [3.05, 3.63) is 53.2 Å². The summed E-state index contributed by atoms with van der Waals surface area (Å²) in [5.74, 6) is -0.948. The molecule has 0 saturated heterocycles. The Labute approximate surface area is 189 Å². The van der Waals surface area contributed by atoms with Gasteiger partial charge in [-0.15, -0.1) is 0 Å². The number of ether oxygens (including phenoxy) is 3. The van der Waals surface area contributed by atoms with Gasteiger partial charge in [0.2, 0.25) is 11.7 Å². The standard InChI is InChI=1S/C23H24FN3O6/c1-12(2)22(28)25-17-10-19(31-5)18(30-4)9-15(17)23(29)32-11-20-26-21(27-33-20)14-7-6-13(3)16(24)8-14/h6-10,12H,11H2,1-5H3,(H,25,28). The van der Waals surface area contributed by atoms with Crippen molar-refractivity contribution in [3.8, 4) is 22.9 Å². The lowest BCUT2D eigenvalue weighted by Gasteiger charge is -2.15. The molecule has 0 atom stereocenters. The average molecular weight is 457 g/mol. The molecule has 0 aliphatic carbocycles. The summed E-state index contributed by atoms with van der Waals surface area (Å²) in [7, 11) is 2.87. The number of esters is 1. The number of halogens is 1. The lowest BCUT2D eigenvalue weighted by Crippen LogP contribution is -2.20. The fourth-order valence-electron chi connectivity index (χ4n) is 2.80. The van der Waals surface area contributed by atoms with Gasteiger partial charge in [-0.3, -0.25) is 4.79 Å². The van der Waals surface area contributed by atoms with Crippen molar-refractivity contribution in [1.82, 2.24) is 10.1 Å². The van der Waals surface area contributed by atoms with Gasteiger partial charge in [0.25, 0.3) is 5.89 Å². The summed E-state index contributed by atoms with van der Waals surface area (Å²) in [6, 6.07) is 7.44. The fourth-order valence-corrected chi connectivity index (χ4v) is 2.80. The zero-order chi connectivity index (χ0) is 24.1. The van der Waals surface area contributed by atoms with E-state index in [0.29, 0.717) is 16.9 Å². The summed E-state index contributed by atoms with van der Waals surface area (Å²) in [5, 5.41) is 6.48. The third-order valence-electron chi connectivity index (χ3n) is 4.75. The number of nitrogens with zero attached hydrogens (tertiary/aromatic N) is 2. The molecule has 9 nitrogen and oxygen atoms in total. The number of benzene rings is 2. The molecule has 3 rings (SSSR count). The molecule has 0 radical (unpaired) electrons. The predicted molar refractivity (Wildman–Crippen MR) is 117 cm³/mol. The minimum Gasteiger partial charge on any atom is -0.493 e. The van der Waals surface area contributed by atoms with Crippen molar-refractivity contribution in [1.29, 1.82) is 0 Å². The monoisotopic (exact) mass is 457 g/mol. The SMILES string of the molecule is COc1cc(NC(=O)C(C)C)c(C(=O)OCc2nc(-c3ccc(C)c(F)c3)no2)cc1OC. The molecule has 0 aliphatic rings. The Hall–Kier alpha value is -3.95. The molecule has 1 heterocycles. The van der Waals surface area contributed by atoms with Crippen LogP contribution in [-0.4, -0.2) is 36.2 Å². The Bertz CT molecular complexity index is 1170. The lowest BCUT2D eigenvalue weighted by molar-refractivity contribution is -0.118. The molecule has 1 N–H and O–H groups in total. The molecule has 3 aromatic rings. The van der Waals surface area contributed by atoms with Crippen LogP contribution < -0.4 is 14.8 Å². The highest BCUT2D eigenvalue weighted by Crippen LogP contribution is 2.34. The molecule has 0 aliphatic heterocycles. The van der Waals surface area contributed by atoms with Crippen molar-refractivity contribution in [2.24, 2.45) is 5.92 Å². The molecule has 10 heteroatoms. The number of carbonyl (C=O) groups excluding carboxylic acids is 2. The van der Waals surface area contributed by atoms with E-state index in [9.17, 15) is 14.0 Å². The maximum atomic E-state index is 13.8. The quantitative estimate of drug-likeness (QED) is 0.502. The van der Waals surface area contributed by atoms with Crippen LogP contribution in [0.25, 0.3) is 11.4 Å². The van der Waals surface area contributed by atoms with Gasteiger partial charge in [-0.05, 0) is 18.6 Å². The van der Waals surface area contributed by atoms with E-state index >= 15 is 0 Å². The van der Waals surface area contributed by atoms with Crippen molar-refractivity contribution in [3.63, 3.8) is 0 Å². The highest BCUT2D eigenvalue weighted by atomic mass is 19.1. The number of hydrogen-bond donors (Lipinski definition) is 1. The van der Waals surface area contributed by atoms with Crippen molar-refractivity contribution in [2.75, 3.05) is 19.5 Å². The summed E-state index contributed by atoms with van der Waals surface area (Å²) >= 11 is 0. The van der Waals surface area contributed by atoms with Gasteiger partial charge in [0.15, 0.2) is 18.1 Å². The molecule has 1 amide bonds. The number of rotatable bonds is 8. The molecular formula is C23H24FN3O6. The summed E-state index contributed by atoms with van der Waals surface area (Å²) < 4.78 is 34.7. The van der Waals surface area contributed by atoms with E-state index in [2.05, 4.69) is 15.5 Å². The topological polar surface area (TPSA) is 113 Å². The second kappa shape index (κ2) is 10.1. The van der Waals surface area contributed by atoms with Gasteiger partial charge in [-0.25, -0.2) is 9.18 Å². The van der Waals surface area contributed by atoms with E-state index in [-0.39, 0.29) is 47.1 Å². The third-order valence-corrected chi connectivity index (χ3v) is 4.75. The molecule has 0 bridgehead atoms. The molecular weight excluding hydrogens is 433 g/mol. The van der Waals surface area contributed by atoms with E-state index in [4.69, 9.17) is 18.7 Å². The fraction of sp³-hybridized carbons (Fsp3) is 0.304. The summed E-state index contributed by atoms with van der Waals surface area (Å²) in [4.78, 5) is 29.2. The maximum Gasteiger partial charge on any atom is 0.340 e. The lowest BCUT2D eigenvalue weighted by atomic mass is 10.1. The van der Waals surface area contributed by atoms with Crippen molar-refractivity contribution in [2.45, 2.75) is 27.4 Å². The number of hydrogen-bond acceptors (Lipinski definition) is 8. The predicted octanol–water partition coefficient (Wildman–Crippen LogP) is 4.15. The highest BCUT2D eigenvalue weighted by Gasteiger charge is 2.21. The normalized spacial score (nSPS) is 10.8. The van der Waals surface area contributed by atoms with Gasteiger partial charge in [-0.2, -0.15) is 4.98 Å². The number of anilines is 1. The molecule has 2 aromatic carbocycles. The summed E-state index contributed by atoms with van der Waals surface area (Å²) in [6.45, 7) is 4.76. The Morgan fingerprint density at radius 2 is 1.82 bits per heavy atom. The van der Waals surface area contributed by atoms with Crippen LogP contribution >= 0.6 is 0 Å². The Morgan fingerprint density at radius 3 is 2.45 bits per heavy atom. The number of aromatic nitrogens is 2.